The first-order valence-electron chi connectivity index (χ1n) is 11.0. The molecule has 0 bridgehead atoms. The fourth-order valence-electron chi connectivity index (χ4n) is 4.21. The molecule has 3 heterocycles. The molecule has 2 amide bonds. The van der Waals surface area contributed by atoms with Crippen LogP contribution in [0.1, 0.15) is 35.7 Å². The van der Waals surface area contributed by atoms with Gasteiger partial charge in [0.2, 0.25) is 5.91 Å². The summed E-state index contributed by atoms with van der Waals surface area (Å²) in [7, 11) is 0. The number of likely N-dealkylation sites (tertiary alicyclic amines) is 1. The lowest BCUT2D eigenvalue weighted by atomic mass is 9.99. The number of pyridine rings is 1. The van der Waals surface area contributed by atoms with Gasteiger partial charge in [-0.05, 0) is 48.6 Å². The Morgan fingerprint density at radius 2 is 1.74 bits per heavy atom. The van der Waals surface area contributed by atoms with Gasteiger partial charge in [-0.1, -0.05) is 30.7 Å². The number of nitrogens with zero attached hydrogens (tertiary/aromatic N) is 4. The van der Waals surface area contributed by atoms with E-state index in [4.69, 9.17) is 11.6 Å². The molecule has 0 spiro atoms. The fraction of sp³-hybridized carbons (Fsp3) is 0.458. The molecule has 31 heavy (non-hydrogen) atoms. The van der Waals surface area contributed by atoms with Crippen LogP contribution in [-0.2, 0) is 11.2 Å². The first-order valence-corrected chi connectivity index (χ1v) is 11.4. The summed E-state index contributed by atoms with van der Waals surface area (Å²) < 4.78 is 0. The van der Waals surface area contributed by atoms with E-state index in [9.17, 15) is 9.59 Å². The van der Waals surface area contributed by atoms with Crippen molar-refractivity contribution in [2.75, 3.05) is 44.2 Å². The van der Waals surface area contributed by atoms with Crippen molar-refractivity contribution >= 4 is 29.2 Å². The Morgan fingerprint density at radius 3 is 2.39 bits per heavy atom. The van der Waals surface area contributed by atoms with Crippen molar-refractivity contribution < 1.29 is 9.59 Å². The van der Waals surface area contributed by atoms with Crippen molar-refractivity contribution in [2.45, 2.75) is 26.2 Å². The van der Waals surface area contributed by atoms with E-state index in [1.165, 1.54) is 0 Å². The molecule has 7 heteroatoms. The molecule has 164 valence electrons. The first kappa shape index (κ1) is 21.6. The van der Waals surface area contributed by atoms with E-state index in [1.54, 1.807) is 6.20 Å². The lowest BCUT2D eigenvalue weighted by Gasteiger charge is -2.35. The minimum atomic E-state index is 0.0716. The molecule has 1 aromatic carbocycles. The summed E-state index contributed by atoms with van der Waals surface area (Å²) in [5.74, 6) is 1.74. The van der Waals surface area contributed by atoms with Gasteiger partial charge in [-0.15, -0.1) is 0 Å². The Morgan fingerprint density at radius 1 is 1.00 bits per heavy atom. The number of anilines is 1. The third-order valence-corrected chi connectivity index (χ3v) is 6.50. The second-order valence-corrected chi connectivity index (χ2v) is 8.99. The standard InChI is InChI=1S/C24H29ClN4O2/c1-18-7-9-29(10-8-18)24(31)20-5-6-22(26-17-20)27-11-13-28(14-12-27)23(30)16-19-3-2-4-21(25)15-19/h2-6,15,17-18H,7-14,16H2,1H3. The van der Waals surface area contributed by atoms with Gasteiger partial charge in [-0.2, -0.15) is 0 Å². The Bertz CT molecular complexity index is 917. The molecule has 2 aliphatic rings. The van der Waals surface area contributed by atoms with E-state index in [0.717, 1.165) is 50.4 Å². The highest BCUT2D eigenvalue weighted by atomic mass is 35.5. The van der Waals surface area contributed by atoms with E-state index in [-0.39, 0.29) is 11.8 Å². The first-order chi connectivity index (χ1) is 15.0. The van der Waals surface area contributed by atoms with Gasteiger partial charge in [-0.25, -0.2) is 4.98 Å². The van der Waals surface area contributed by atoms with Gasteiger partial charge < -0.3 is 14.7 Å². The molecule has 0 atom stereocenters. The van der Waals surface area contributed by atoms with Crippen molar-refractivity contribution in [3.63, 3.8) is 0 Å². The summed E-state index contributed by atoms with van der Waals surface area (Å²) in [6.07, 6.45) is 4.19. The van der Waals surface area contributed by atoms with Gasteiger partial charge in [0.25, 0.3) is 5.91 Å². The fourth-order valence-corrected chi connectivity index (χ4v) is 4.43. The van der Waals surface area contributed by atoms with Crippen LogP contribution >= 0.6 is 11.6 Å². The predicted molar refractivity (Wildman–Crippen MR) is 122 cm³/mol. The number of halogens is 1. The van der Waals surface area contributed by atoms with Crippen LogP contribution in [0.3, 0.4) is 0 Å². The van der Waals surface area contributed by atoms with Crippen LogP contribution in [-0.4, -0.2) is 65.9 Å². The van der Waals surface area contributed by atoms with E-state index < -0.39 is 0 Å². The number of piperidine rings is 1. The molecule has 0 N–H and O–H groups in total. The summed E-state index contributed by atoms with van der Waals surface area (Å²) in [6, 6.07) is 11.2. The lowest BCUT2D eigenvalue weighted by Crippen LogP contribution is -2.49. The second-order valence-electron chi connectivity index (χ2n) is 8.55. The van der Waals surface area contributed by atoms with Crippen LogP contribution in [0.5, 0.6) is 0 Å². The smallest absolute Gasteiger partial charge is 0.255 e. The second kappa shape index (κ2) is 9.69. The molecule has 6 nitrogen and oxygen atoms in total. The van der Waals surface area contributed by atoms with Crippen LogP contribution in [0, 0.1) is 5.92 Å². The molecule has 2 fully saturated rings. The molecule has 0 unspecified atom stereocenters. The van der Waals surface area contributed by atoms with Gasteiger partial charge in [0.1, 0.15) is 5.82 Å². The van der Waals surface area contributed by atoms with E-state index >= 15 is 0 Å². The highest BCUT2D eigenvalue weighted by Gasteiger charge is 2.24. The third-order valence-electron chi connectivity index (χ3n) is 6.27. The number of piperazine rings is 1. The average molecular weight is 441 g/mol. The van der Waals surface area contributed by atoms with Gasteiger partial charge in [0, 0.05) is 50.5 Å². The molecule has 2 aliphatic heterocycles. The summed E-state index contributed by atoms with van der Waals surface area (Å²) in [5.41, 5.74) is 1.58. The summed E-state index contributed by atoms with van der Waals surface area (Å²) in [5, 5.41) is 0.651. The topological polar surface area (TPSA) is 56.8 Å². The number of carbonyl (C=O) groups is 2. The van der Waals surface area contributed by atoms with Gasteiger partial charge in [-0.3, -0.25) is 9.59 Å². The number of aromatic nitrogens is 1. The van der Waals surface area contributed by atoms with Crippen molar-refractivity contribution in [3.05, 3.63) is 58.7 Å². The van der Waals surface area contributed by atoms with Crippen LogP contribution in [0.25, 0.3) is 0 Å². The van der Waals surface area contributed by atoms with Crippen molar-refractivity contribution in [2.24, 2.45) is 5.92 Å². The zero-order chi connectivity index (χ0) is 21.8. The van der Waals surface area contributed by atoms with Crippen LogP contribution in [0.15, 0.2) is 42.6 Å². The summed E-state index contributed by atoms with van der Waals surface area (Å²) >= 11 is 6.02. The number of hydrogen-bond donors (Lipinski definition) is 0. The number of rotatable bonds is 4. The van der Waals surface area contributed by atoms with Crippen LogP contribution < -0.4 is 4.90 Å². The number of amides is 2. The number of carbonyl (C=O) groups excluding carboxylic acids is 2. The summed E-state index contributed by atoms with van der Waals surface area (Å²) in [4.78, 5) is 35.9. The normalized spacial score (nSPS) is 17.7. The molecule has 2 aromatic rings. The van der Waals surface area contributed by atoms with Crippen LogP contribution in [0.4, 0.5) is 5.82 Å². The van der Waals surface area contributed by atoms with E-state index in [0.29, 0.717) is 36.0 Å². The highest BCUT2D eigenvalue weighted by molar-refractivity contribution is 6.30. The molecule has 4 rings (SSSR count). The van der Waals surface area contributed by atoms with Crippen LogP contribution in [0.2, 0.25) is 5.02 Å². The Kier molecular flexibility index (Phi) is 6.76. The maximum atomic E-state index is 12.7. The van der Waals surface area contributed by atoms with Crippen molar-refractivity contribution in [3.8, 4) is 0 Å². The quantitative estimate of drug-likeness (QED) is 0.730. The minimum Gasteiger partial charge on any atom is -0.353 e. The maximum absolute atomic E-state index is 12.7. The monoisotopic (exact) mass is 440 g/mol. The zero-order valence-electron chi connectivity index (χ0n) is 18.0. The van der Waals surface area contributed by atoms with Crippen molar-refractivity contribution in [1.82, 2.24) is 14.8 Å². The van der Waals surface area contributed by atoms with Gasteiger partial charge in [0.15, 0.2) is 0 Å². The molecule has 0 radical (unpaired) electrons. The summed E-state index contributed by atoms with van der Waals surface area (Å²) in [6.45, 7) is 6.67. The Balaban J connectivity index is 1.29. The molecular formula is C24H29ClN4O2. The molecule has 1 aromatic heterocycles. The molecule has 0 saturated carbocycles. The number of benzene rings is 1. The molecule has 2 saturated heterocycles. The van der Waals surface area contributed by atoms with Gasteiger partial charge in [0.05, 0.1) is 12.0 Å². The van der Waals surface area contributed by atoms with E-state index in [2.05, 4.69) is 16.8 Å². The maximum Gasteiger partial charge on any atom is 0.255 e. The van der Waals surface area contributed by atoms with E-state index in [1.807, 2.05) is 46.2 Å². The average Bonchev–Trinajstić information content (AvgIpc) is 2.79. The zero-order valence-corrected chi connectivity index (χ0v) is 18.7. The van der Waals surface area contributed by atoms with Crippen molar-refractivity contribution in [1.29, 1.82) is 0 Å². The third kappa shape index (κ3) is 5.37. The number of hydrogen-bond acceptors (Lipinski definition) is 4. The lowest BCUT2D eigenvalue weighted by molar-refractivity contribution is -0.130. The minimum absolute atomic E-state index is 0.0716. The predicted octanol–water partition coefficient (Wildman–Crippen LogP) is 3.50. The highest BCUT2D eigenvalue weighted by Crippen LogP contribution is 2.20. The van der Waals surface area contributed by atoms with Gasteiger partial charge >= 0.3 is 0 Å². The Hall–Kier alpha value is -2.60. The SMILES string of the molecule is CC1CCN(C(=O)c2ccc(N3CCN(C(=O)Cc4cccc(Cl)c4)CC3)nc2)CC1. The largest absolute Gasteiger partial charge is 0.353 e. The molecular weight excluding hydrogens is 412 g/mol. The Labute approximate surface area is 188 Å². The molecule has 0 aliphatic carbocycles.